The van der Waals surface area contributed by atoms with Gasteiger partial charge in [-0.2, -0.15) is 0 Å². The summed E-state index contributed by atoms with van der Waals surface area (Å²) in [5, 5.41) is 8.14. The van der Waals surface area contributed by atoms with Crippen LogP contribution in [0, 0.1) is 0 Å². The van der Waals surface area contributed by atoms with E-state index in [9.17, 15) is 4.79 Å². The van der Waals surface area contributed by atoms with Gasteiger partial charge in [0.2, 0.25) is 0 Å². The van der Waals surface area contributed by atoms with Crippen molar-refractivity contribution < 1.29 is 4.42 Å². The number of nitrogens with two attached hydrogens (primary N) is 1. The Morgan fingerprint density at radius 3 is 2.57 bits per heavy atom. The van der Waals surface area contributed by atoms with Gasteiger partial charge in [-0.15, -0.1) is 5.10 Å². The van der Waals surface area contributed by atoms with Gasteiger partial charge in [-0.3, -0.25) is 19.2 Å². The Morgan fingerprint density at radius 2 is 1.92 bits per heavy atom. The quantitative estimate of drug-likeness (QED) is 0.460. The zero-order chi connectivity index (χ0) is 26.1. The molecule has 2 saturated heterocycles. The molecule has 0 unspecified atom stereocenters. The smallest absolute Gasteiger partial charge is 0.313 e. The largest absolute Gasteiger partial charge is 0.402 e. The fraction of sp³-hybridized carbons (Fsp3) is 0.542. The molecule has 0 bridgehead atoms. The summed E-state index contributed by atoms with van der Waals surface area (Å²) < 4.78 is 6.71. The van der Waals surface area contributed by atoms with Gasteiger partial charge < -0.3 is 15.1 Å². The summed E-state index contributed by atoms with van der Waals surface area (Å²) in [7, 11) is 1.69. The number of likely N-dealkylation sites (tertiary alicyclic amines) is 1. The van der Waals surface area contributed by atoms with Gasteiger partial charge in [-0.25, -0.2) is 9.97 Å². The van der Waals surface area contributed by atoms with E-state index in [0.29, 0.717) is 23.1 Å². The molecule has 0 radical (unpaired) electrons. The summed E-state index contributed by atoms with van der Waals surface area (Å²) in [5.74, 6) is 0.564. The van der Waals surface area contributed by atoms with Crippen molar-refractivity contribution in [3.8, 4) is 11.6 Å². The molecular weight excluding hydrogens is 517 g/mol. The lowest BCUT2D eigenvalue weighted by atomic mass is 9.98. The van der Waals surface area contributed by atoms with Gasteiger partial charge in [-0.05, 0) is 44.0 Å². The van der Waals surface area contributed by atoms with Gasteiger partial charge in [0.15, 0.2) is 10.8 Å². The van der Waals surface area contributed by atoms with E-state index in [0.717, 1.165) is 58.5 Å². The molecule has 2 aliphatic rings. The van der Waals surface area contributed by atoms with Crippen molar-refractivity contribution in [1.82, 2.24) is 34.5 Å². The summed E-state index contributed by atoms with van der Waals surface area (Å²) in [6, 6.07) is 4.65. The molecule has 0 aromatic carbocycles. The molecular formula is C24H31Cl2N9O2. The van der Waals surface area contributed by atoms with Crippen molar-refractivity contribution in [1.29, 1.82) is 0 Å². The lowest BCUT2D eigenvalue weighted by molar-refractivity contribution is 0.0609. The number of rotatable bonds is 6. The van der Waals surface area contributed by atoms with Gasteiger partial charge in [0.05, 0.1) is 0 Å². The molecule has 11 nitrogen and oxygen atoms in total. The minimum Gasteiger partial charge on any atom is -0.402 e. The van der Waals surface area contributed by atoms with Crippen LogP contribution in [0.5, 0.6) is 0 Å². The van der Waals surface area contributed by atoms with Crippen LogP contribution in [0.3, 0.4) is 0 Å². The zero-order valence-corrected chi connectivity index (χ0v) is 22.5. The molecule has 5 rings (SSSR count). The Balaban J connectivity index is 1.25. The third-order valence-corrected chi connectivity index (χ3v) is 7.86. The molecule has 3 aromatic rings. The first-order valence-corrected chi connectivity index (χ1v) is 13.3. The lowest BCUT2D eigenvalue weighted by Gasteiger charge is -2.48. The van der Waals surface area contributed by atoms with E-state index in [-0.39, 0.29) is 28.3 Å². The SMILES string of the molecule is CC[C@H]1CN(c2c(Cl)nc(-c3nnc(N)o3)c(=O)n2C)CCN1C1CCN(Cc2ccc(Cl)nc2)CC1. The number of nitrogens with zero attached hydrogens (tertiary/aromatic N) is 8. The number of anilines is 2. The topological polar surface area (TPSA) is 122 Å². The minimum absolute atomic E-state index is 0.00716. The Bertz CT molecular complexity index is 1290. The summed E-state index contributed by atoms with van der Waals surface area (Å²) in [6.45, 7) is 7.64. The molecule has 37 heavy (non-hydrogen) atoms. The van der Waals surface area contributed by atoms with Crippen molar-refractivity contribution in [2.75, 3.05) is 43.4 Å². The highest BCUT2D eigenvalue weighted by molar-refractivity contribution is 6.31. The Morgan fingerprint density at radius 1 is 1.14 bits per heavy atom. The van der Waals surface area contributed by atoms with Gasteiger partial charge in [0.25, 0.3) is 11.4 Å². The number of piperidine rings is 1. The standard InChI is InChI=1S/C24H31Cl2N9O2/c1-3-16-14-34(22-20(26)29-19(23(36)32(22)2)21-30-31-24(27)37-21)10-11-35(16)17-6-8-33(9-7-17)13-15-4-5-18(25)28-12-15/h4-5,12,16-17H,3,6-11,13-14H2,1-2H3,(H2,27,31)/t16-/m0/s1. The van der Waals surface area contributed by atoms with Crippen molar-refractivity contribution >= 4 is 35.0 Å². The molecule has 0 saturated carbocycles. The van der Waals surface area contributed by atoms with Crippen LogP contribution in [0.1, 0.15) is 31.7 Å². The molecule has 5 heterocycles. The molecule has 2 N–H and O–H groups in total. The fourth-order valence-corrected chi connectivity index (χ4v) is 5.92. The van der Waals surface area contributed by atoms with E-state index in [1.165, 1.54) is 10.1 Å². The minimum atomic E-state index is -0.359. The lowest BCUT2D eigenvalue weighted by Crippen LogP contribution is -2.59. The van der Waals surface area contributed by atoms with Crippen LogP contribution < -0.4 is 16.2 Å². The first-order chi connectivity index (χ1) is 17.8. The number of pyridine rings is 1. The zero-order valence-electron chi connectivity index (χ0n) is 21.0. The second-order valence-corrected chi connectivity index (χ2v) is 10.4. The van der Waals surface area contributed by atoms with E-state index in [4.69, 9.17) is 33.4 Å². The van der Waals surface area contributed by atoms with Crippen LogP contribution in [0.2, 0.25) is 10.3 Å². The molecule has 3 aromatic heterocycles. The summed E-state index contributed by atoms with van der Waals surface area (Å²) in [6.07, 6.45) is 5.12. The highest BCUT2D eigenvalue weighted by Gasteiger charge is 2.35. The van der Waals surface area contributed by atoms with E-state index < -0.39 is 0 Å². The maximum Gasteiger partial charge on any atom is 0.313 e. The summed E-state index contributed by atoms with van der Waals surface area (Å²) >= 11 is 12.5. The number of hydrogen-bond donors (Lipinski definition) is 1. The average molecular weight is 548 g/mol. The van der Waals surface area contributed by atoms with Gasteiger partial charge in [0, 0.05) is 51.5 Å². The maximum atomic E-state index is 13.1. The number of nitrogen functional groups attached to an aromatic ring is 1. The third-order valence-electron chi connectivity index (χ3n) is 7.38. The average Bonchev–Trinajstić information content (AvgIpc) is 3.34. The maximum absolute atomic E-state index is 13.1. The molecule has 2 aliphatic heterocycles. The highest BCUT2D eigenvalue weighted by atomic mass is 35.5. The second-order valence-electron chi connectivity index (χ2n) is 9.63. The van der Waals surface area contributed by atoms with Crippen LogP contribution in [-0.2, 0) is 13.6 Å². The fourth-order valence-electron chi connectivity index (χ4n) is 5.47. The normalized spacial score (nSPS) is 20.0. The Hall–Kier alpha value is -2.73. The number of aromatic nitrogens is 5. The van der Waals surface area contributed by atoms with Crippen LogP contribution in [0.15, 0.2) is 27.5 Å². The van der Waals surface area contributed by atoms with E-state index in [1.54, 1.807) is 7.05 Å². The molecule has 198 valence electrons. The highest BCUT2D eigenvalue weighted by Crippen LogP contribution is 2.30. The second kappa shape index (κ2) is 10.9. The van der Waals surface area contributed by atoms with E-state index in [2.05, 4.69) is 41.8 Å². The summed E-state index contributed by atoms with van der Waals surface area (Å²) in [5.41, 5.74) is 6.33. The number of piperazine rings is 1. The third kappa shape index (κ3) is 5.45. The van der Waals surface area contributed by atoms with Crippen LogP contribution in [0.25, 0.3) is 11.6 Å². The number of hydrogen-bond acceptors (Lipinski definition) is 10. The van der Waals surface area contributed by atoms with Crippen molar-refractivity contribution in [3.05, 3.63) is 44.6 Å². The first-order valence-electron chi connectivity index (χ1n) is 12.5. The van der Waals surface area contributed by atoms with Crippen LogP contribution >= 0.6 is 23.2 Å². The van der Waals surface area contributed by atoms with Gasteiger partial charge >= 0.3 is 6.01 Å². The molecule has 0 aliphatic carbocycles. The van der Waals surface area contributed by atoms with Crippen molar-refractivity contribution in [2.45, 2.75) is 44.8 Å². The van der Waals surface area contributed by atoms with E-state index in [1.807, 2.05) is 18.3 Å². The van der Waals surface area contributed by atoms with E-state index >= 15 is 0 Å². The molecule has 0 spiro atoms. The number of halogens is 2. The predicted octanol–water partition coefficient (Wildman–Crippen LogP) is 2.68. The van der Waals surface area contributed by atoms with Gasteiger partial charge in [-0.1, -0.05) is 41.3 Å². The molecule has 2 fully saturated rings. The first kappa shape index (κ1) is 25.9. The van der Waals surface area contributed by atoms with Crippen molar-refractivity contribution in [3.63, 3.8) is 0 Å². The predicted molar refractivity (Wildman–Crippen MR) is 143 cm³/mol. The molecule has 1 atom stereocenters. The summed E-state index contributed by atoms with van der Waals surface area (Å²) in [4.78, 5) is 28.9. The van der Waals surface area contributed by atoms with Crippen LogP contribution in [0.4, 0.5) is 11.8 Å². The Labute approximate surface area is 225 Å². The van der Waals surface area contributed by atoms with Crippen molar-refractivity contribution in [2.24, 2.45) is 7.05 Å². The van der Waals surface area contributed by atoms with Gasteiger partial charge in [0.1, 0.15) is 11.0 Å². The monoisotopic (exact) mass is 547 g/mol. The molecule has 13 heteroatoms. The van der Waals surface area contributed by atoms with Crippen LogP contribution in [-0.4, -0.2) is 79.3 Å². The Kier molecular flexibility index (Phi) is 7.66. The molecule has 0 amide bonds.